The maximum absolute atomic E-state index is 12.8. The fraction of sp³-hybridized carbons (Fsp3) is 0.147. The van der Waals surface area contributed by atoms with Gasteiger partial charge in [-0.15, -0.1) is 24.8 Å². The van der Waals surface area contributed by atoms with Crippen LogP contribution in [0.1, 0.15) is 50.1 Å². The van der Waals surface area contributed by atoms with Gasteiger partial charge in [0.2, 0.25) is 0 Å². The van der Waals surface area contributed by atoms with E-state index >= 15 is 0 Å². The van der Waals surface area contributed by atoms with Crippen molar-refractivity contribution >= 4 is 292 Å². The van der Waals surface area contributed by atoms with Crippen LogP contribution in [0.25, 0.3) is 53.9 Å². The molecule has 0 aromatic heterocycles. The number of halogens is 11. The summed E-state index contributed by atoms with van der Waals surface area (Å²) in [5.74, 6) is -1.47. The Morgan fingerprint density at radius 1 is 0.376 bits per heavy atom. The van der Waals surface area contributed by atoms with Crippen molar-refractivity contribution in [1.82, 2.24) is 6.15 Å². The van der Waals surface area contributed by atoms with Gasteiger partial charge in [0, 0.05) is 62.9 Å². The molecular weight excluding hydrogens is 2130 g/mol. The number of hydrogen-bond donors (Lipinski definition) is 4. The Balaban J connectivity index is 0.00000147. The van der Waals surface area contributed by atoms with E-state index in [1.165, 1.54) is 65.6 Å². The Morgan fingerprint density at radius 3 is 0.896 bits per heavy atom. The van der Waals surface area contributed by atoms with Crippen LogP contribution in [-0.4, -0.2) is 100 Å². The molecule has 0 aliphatic rings. The van der Waals surface area contributed by atoms with Crippen LogP contribution >= 0.6 is 196 Å². The summed E-state index contributed by atoms with van der Waals surface area (Å²) < 4.78 is 23.7. The molecule has 14 aromatic carbocycles. The molecule has 0 saturated carbocycles. The van der Waals surface area contributed by atoms with Gasteiger partial charge in [0.1, 0.15) is 18.6 Å². The van der Waals surface area contributed by atoms with Gasteiger partial charge in [0.05, 0.1) is 39.9 Å². The predicted octanol–water partition coefficient (Wildman–Crippen LogP) is 26.0. The van der Waals surface area contributed by atoms with Crippen molar-refractivity contribution < 1.29 is 38.1 Å². The van der Waals surface area contributed by atoms with Crippen molar-refractivity contribution in [3.63, 3.8) is 0 Å². The molecule has 0 unspecified atom stereocenters. The Bertz CT molecular complexity index is 5500. The number of carbonyl (C=O) groups is 4. The molecule has 0 heterocycles. The van der Waals surface area contributed by atoms with Crippen LogP contribution in [0.5, 0.6) is 0 Å². The summed E-state index contributed by atoms with van der Waals surface area (Å²) in [5, 5.41) is 24.5. The van der Waals surface area contributed by atoms with E-state index in [-0.39, 0.29) is 102 Å². The second-order valence-corrected chi connectivity index (χ2v) is 32.2. The Kier molecular flexibility index (Phi) is 60.0. The number of carbonyl (C=O) groups excluding carboxylic acids is 4. The number of hydrogen-bond acceptors (Lipinski definition) is 15. The molecule has 14 aromatic rings. The minimum atomic E-state index is -0.750. The number of nitrogens with zero attached hydrogens (tertiary/aromatic N) is 3. The number of ether oxygens (including phenoxy) is 4. The average Bonchev–Trinajstić information content (AvgIpc) is 0.816. The van der Waals surface area contributed by atoms with Crippen molar-refractivity contribution in [3.8, 4) is 6.57 Å². The number of esters is 4. The molecular formula is C95H96BBr6Cl5N7O8S3. The number of alkyl halides is 4. The quantitative estimate of drug-likeness (QED) is 0.0218. The molecule has 3 atom stereocenters. The van der Waals surface area contributed by atoms with Gasteiger partial charge in [-0.1, -0.05) is 403 Å². The first-order valence-corrected chi connectivity index (χ1v) is 43.0. The Hall–Kier alpha value is -7.79. The summed E-state index contributed by atoms with van der Waals surface area (Å²) in [5.41, 5.74) is 22.9. The second-order valence-electron chi connectivity index (χ2n) is 25.4. The number of aryl methyl sites for hydroxylation is 1. The number of fused-ring (bicyclic) bond motifs is 5. The molecule has 125 heavy (non-hydrogen) atoms. The third kappa shape index (κ3) is 36.7. The molecule has 0 bridgehead atoms. The zero-order valence-electron chi connectivity index (χ0n) is 68.6. The van der Waals surface area contributed by atoms with E-state index in [0.717, 1.165) is 106 Å². The average molecular weight is 2230 g/mol. The maximum atomic E-state index is 12.8. The van der Waals surface area contributed by atoms with Crippen LogP contribution < -0.4 is 17.6 Å². The van der Waals surface area contributed by atoms with Crippen molar-refractivity contribution in [3.05, 3.63) is 376 Å². The van der Waals surface area contributed by atoms with Crippen LogP contribution in [0.4, 0.5) is 0 Å². The normalized spacial score (nSPS) is 10.4. The molecule has 15 nitrogen and oxygen atoms in total. The monoisotopic (exact) mass is 2220 g/mol. The summed E-state index contributed by atoms with van der Waals surface area (Å²) in [6.45, 7) is 5.66. The van der Waals surface area contributed by atoms with Crippen molar-refractivity contribution in [2.75, 3.05) is 35.0 Å². The van der Waals surface area contributed by atoms with E-state index in [1.807, 2.05) is 218 Å². The van der Waals surface area contributed by atoms with Crippen LogP contribution in [0, 0.1) is 24.1 Å². The van der Waals surface area contributed by atoms with E-state index in [0.29, 0.717) is 19.3 Å². The summed E-state index contributed by atoms with van der Waals surface area (Å²) >= 11 is 35.6. The molecule has 0 amide bonds. The van der Waals surface area contributed by atoms with Gasteiger partial charge in [0.25, 0.3) is 0 Å². The summed E-state index contributed by atoms with van der Waals surface area (Å²) in [6, 6.07) is 99.0. The number of benzene rings is 14. The molecule has 0 aliphatic heterocycles. The van der Waals surface area contributed by atoms with Crippen molar-refractivity contribution in [2.24, 2.45) is 21.5 Å². The summed E-state index contributed by atoms with van der Waals surface area (Å²) in [6.07, 6.45) is 1.39. The zero-order valence-corrected chi connectivity index (χ0v) is 85.0. The Labute approximate surface area is 831 Å². The van der Waals surface area contributed by atoms with E-state index in [2.05, 4.69) is 221 Å². The van der Waals surface area contributed by atoms with E-state index < -0.39 is 22.4 Å². The standard InChI is InChI=1S/C27H22BrNO2.C16H15NO2.2C14H14BrNO2.C11H8Br2.C11H9Br.CHCl3.CHN.BHN.2ClH.H3N.3H2S/c1-31-27(30)25(18-21-16-17-24(28)23-15-9-8-14-22(21)23)29-26(19-10-4-2-5-11-19)20-12-6-3-7-13-20;1-19-15(18)12-17-16(13-8-4-2-5-9-13)14-10-6-3-7-11-14;2*1-18-14(17)13(16)8-9-6-7-12(15)11-5-3-2-4-10(9)11;12-7-8-5-6-11(13)10-4-2-1-3-9(8)10;1-8-6-7-11(12)10-5-3-2-4-9(8)10;2-1(3)4;2*1-2;;;;;;/h2-17,25H,18H2,1H3;2-11H,12H2,1H3;2*2-7,13H,8,16H2,1H3;1-6H,7H2;2-7H,1H3;1H;1H;2H;2*1H;1H3;3*1H2/t25-;;2*13-;;;;;;;;;;;/m0.00.........../s1. The van der Waals surface area contributed by atoms with Gasteiger partial charge in [-0.3, -0.25) is 24.4 Å². The van der Waals surface area contributed by atoms with Gasteiger partial charge in [-0.2, -0.15) is 40.5 Å². The number of aliphatic imine (C=N–C) groups is 2. The molecule has 0 saturated heterocycles. The molecule has 0 spiro atoms. The SMILES string of the molecule is BrCc1ccc(Br)c2ccccc12.C#N.COC(=O)CN=C(c1ccccc1)c1ccccc1.COC(=O)[C@@H](N)Cc1ccc(Br)c2ccccc12.COC(=O)[C@@H](N)Cc1ccc(Br)c2ccccc12.COC(=O)[C@H](Cc1ccc(Br)c2ccccc12)N=C(c1ccccc1)c1ccccc1.Cc1ccc(Br)c2ccccc12.Cl.Cl.ClC(Cl)Cl.N.S.S.S.[B]=N. The molecule has 8 N–H and O–H groups in total. The third-order valence-corrected chi connectivity index (χ3v) is 22.0. The first-order valence-electron chi connectivity index (χ1n) is 36.6. The predicted molar refractivity (Wildman–Crippen MR) is 564 cm³/mol. The summed E-state index contributed by atoms with van der Waals surface area (Å²) in [7, 11) is 9.22. The topological polar surface area (TPSA) is 265 Å². The van der Waals surface area contributed by atoms with Crippen molar-refractivity contribution in [1.29, 1.82) is 10.6 Å². The first-order chi connectivity index (χ1) is 57.6. The fourth-order valence-corrected chi connectivity index (χ4v) is 15.1. The summed E-state index contributed by atoms with van der Waals surface area (Å²) in [4.78, 5) is 56.1. The number of methoxy groups -OCH3 is 4. The minimum absolute atomic E-state index is 0. The van der Waals surface area contributed by atoms with Crippen LogP contribution in [-0.2, 0) is 62.7 Å². The van der Waals surface area contributed by atoms with Gasteiger partial charge < -0.3 is 36.6 Å². The molecule has 30 heteroatoms. The number of nitrogens with two attached hydrogens (primary N) is 2. The molecule has 0 aliphatic carbocycles. The first kappa shape index (κ1) is 117. The van der Waals surface area contributed by atoms with Crippen LogP contribution in [0.15, 0.2) is 336 Å². The van der Waals surface area contributed by atoms with Gasteiger partial charge in [-0.25, -0.2) is 10.1 Å². The molecule has 657 valence electrons. The number of nitriles is 1. The molecule has 14 rings (SSSR count). The van der Waals surface area contributed by atoms with E-state index in [1.54, 1.807) is 0 Å². The van der Waals surface area contributed by atoms with Gasteiger partial charge in [0.15, 0.2) is 10.3 Å². The van der Waals surface area contributed by atoms with E-state index in [9.17, 15) is 19.2 Å². The van der Waals surface area contributed by atoms with Crippen LogP contribution in [0.2, 0.25) is 0 Å². The molecule has 1 radical (unpaired) electrons. The Morgan fingerprint density at radius 2 is 0.616 bits per heavy atom. The number of rotatable bonds is 17. The zero-order chi connectivity index (χ0) is 86.8. The third-order valence-electron chi connectivity index (χ3n) is 17.9. The van der Waals surface area contributed by atoms with Gasteiger partial charge in [-0.05, 0) is 132 Å². The second kappa shape index (κ2) is 64.0. The fourth-order valence-electron chi connectivity index (χ4n) is 12.2. The van der Waals surface area contributed by atoms with Crippen LogP contribution in [0.3, 0.4) is 0 Å². The van der Waals surface area contributed by atoms with Crippen molar-refractivity contribution in [2.45, 2.75) is 53.9 Å². The van der Waals surface area contributed by atoms with Gasteiger partial charge >= 0.3 is 36.8 Å². The number of nitrogens with one attached hydrogen (secondary N) is 1. The van der Waals surface area contributed by atoms with E-state index in [4.69, 9.17) is 66.6 Å². The molecule has 0 fully saturated rings.